The predicted molar refractivity (Wildman–Crippen MR) is 124 cm³/mol. The number of nitrogens with one attached hydrogen (secondary N) is 1. The minimum atomic E-state index is -0.922. The molecule has 0 fully saturated rings. The molecule has 1 amide bonds. The number of hydrogen-bond donors (Lipinski definition) is 1. The van der Waals surface area contributed by atoms with Crippen molar-refractivity contribution in [2.45, 2.75) is 39.8 Å². The summed E-state index contributed by atoms with van der Waals surface area (Å²) in [7, 11) is 0. The lowest BCUT2D eigenvalue weighted by Crippen LogP contribution is -2.24. The number of carbonyl (C=O) groups is 1. The molecule has 0 aliphatic carbocycles. The van der Waals surface area contributed by atoms with Gasteiger partial charge in [-0.3, -0.25) is 4.79 Å². The quantitative estimate of drug-likeness (QED) is 0.380. The van der Waals surface area contributed by atoms with E-state index in [0.29, 0.717) is 17.7 Å². The van der Waals surface area contributed by atoms with Crippen LogP contribution in [0.15, 0.2) is 66.7 Å². The van der Waals surface area contributed by atoms with Crippen molar-refractivity contribution in [3.63, 3.8) is 0 Å². The van der Waals surface area contributed by atoms with Crippen LogP contribution in [0, 0.1) is 18.6 Å². The van der Waals surface area contributed by atoms with E-state index in [0.717, 1.165) is 39.9 Å². The van der Waals surface area contributed by atoms with Gasteiger partial charge in [-0.05, 0) is 47.7 Å². The molecule has 5 heteroatoms. The fourth-order valence-corrected chi connectivity index (χ4v) is 4.17. The lowest BCUT2D eigenvalue weighted by Gasteiger charge is -2.16. The summed E-state index contributed by atoms with van der Waals surface area (Å²) in [6.45, 7) is 6.97. The van der Waals surface area contributed by atoms with Gasteiger partial charge >= 0.3 is 0 Å². The van der Waals surface area contributed by atoms with Crippen molar-refractivity contribution < 1.29 is 13.6 Å². The highest BCUT2D eigenvalue weighted by molar-refractivity contribution is 6.08. The molecule has 4 aromatic rings. The molecule has 0 aliphatic rings. The Bertz CT molecular complexity index is 1280. The van der Waals surface area contributed by atoms with E-state index in [9.17, 15) is 13.6 Å². The second-order valence-electron chi connectivity index (χ2n) is 8.44. The Kier molecular flexibility index (Phi) is 6.08. The lowest BCUT2D eigenvalue weighted by molar-refractivity contribution is 0.0951. The van der Waals surface area contributed by atoms with E-state index in [1.54, 1.807) is 0 Å². The standard InChI is InChI=1S/C27H26F2N2O/c1-17(2)26-25(27(32)30-15-20-10-12-22(28)23(29)14-20)21-11-9-18(3)13-24(21)31(26)16-19-7-5-4-6-8-19/h4-14,17H,15-16H2,1-3H3,(H,30,32). The van der Waals surface area contributed by atoms with Crippen LogP contribution in [-0.2, 0) is 13.1 Å². The van der Waals surface area contributed by atoms with E-state index in [2.05, 4.69) is 41.9 Å². The van der Waals surface area contributed by atoms with Gasteiger partial charge in [-0.2, -0.15) is 0 Å². The van der Waals surface area contributed by atoms with E-state index in [1.165, 1.54) is 6.07 Å². The Morgan fingerprint density at radius 3 is 2.38 bits per heavy atom. The number of amides is 1. The number of carbonyl (C=O) groups excluding carboxylic acids is 1. The average Bonchev–Trinajstić information content (AvgIpc) is 3.08. The zero-order valence-corrected chi connectivity index (χ0v) is 18.5. The topological polar surface area (TPSA) is 34.0 Å². The van der Waals surface area contributed by atoms with Crippen molar-refractivity contribution in [1.29, 1.82) is 0 Å². The number of halogens is 2. The van der Waals surface area contributed by atoms with Gasteiger partial charge in [0.15, 0.2) is 11.6 Å². The lowest BCUT2D eigenvalue weighted by atomic mass is 10.0. The highest BCUT2D eigenvalue weighted by Gasteiger charge is 2.24. The van der Waals surface area contributed by atoms with Crippen LogP contribution in [0.5, 0.6) is 0 Å². The number of rotatable bonds is 6. The van der Waals surface area contributed by atoms with Crippen molar-refractivity contribution in [3.05, 3.63) is 106 Å². The zero-order valence-electron chi connectivity index (χ0n) is 18.5. The molecule has 0 unspecified atom stereocenters. The highest BCUT2D eigenvalue weighted by atomic mass is 19.2. The van der Waals surface area contributed by atoms with Gasteiger partial charge in [0.25, 0.3) is 5.91 Å². The van der Waals surface area contributed by atoms with Crippen LogP contribution >= 0.6 is 0 Å². The van der Waals surface area contributed by atoms with Crippen LogP contribution in [0.25, 0.3) is 10.9 Å². The van der Waals surface area contributed by atoms with E-state index < -0.39 is 11.6 Å². The monoisotopic (exact) mass is 432 g/mol. The Morgan fingerprint density at radius 2 is 1.69 bits per heavy atom. The minimum absolute atomic E-state index is 0.107. The summed E-state index contributed by atoms with van der Waals surface area (Å²) in [6.07, 6.45) is 0. The van der Waals surface area contributed by atoms with Crippen LogP contribution in [0.2, 0.25) is 0 Å². The summed E-state index contributed by atoms with van der Waals surface area (Å²) in [5, 5.41) is 3.79. The average molecular weight is 433 g/mol. The van der Waals surface area contributed by atoms with Gasteiger partial charge in [0.2, 0.25) is 0 Å². The second-order valence-corrected chi connectivity index (χ2v) is 8.44. The summed E-state index contributed by atoms with van der Waals surface area (Å²) in [6, 6.07) is 19.9. The molecule has 1 heterocycles. The molecule has 164 valence electrons. The number of benzene rings is 3. The Hall–Kier alpha value is -3.47. The van der Waals surface area contributed by atoms with E-state index in [1.807, 2.05) is 37.3 Å². The van der Waals surface area contributed by atoms with Gasteiger partial charge in [-0.1, -0.05) is 62.4 Å². The first-order valence-corrected chi connectivity index (χ1v) is 10.7. The Morgan fingerprint density at radius 1 is 0.938 bits per heavy atom. The maximum atomic E-state index is 13.6. The van der Waals surface area contributed by atoms with E-state index >= 15 is 0 Å². The highest BCUT2D eigenvalue weighted by Crippen LogP contribution is 2.33. The third-order valence-electron chi connectivity index (χ3n) is 5.65. The predicted octanol–water partition coefficient (Wildman–Crippen LogP) is 6.33. The van der Waals surface area contributed by atoms with Gasteiger partial charge in [0.05, 0.1) is 5.56 Å². The van der Waals surface area contributed by atoms with E-state index in [-0.39, 0.29) is 18.4 Å². The molecule has 0 saturated heterocycles. The van der Waals surface area contributed by atoms with Gasteiger partial charge in [0, 0.05) is 29.7 Å². The minimum Gasteiger partial charge on any atom is -0.348 e. The largest absolute Gasteiger partial charge is 0.348 e. The molecule has 0 spiro atoms. The molecule has 0 radical (unpaired) electrons. The Labute approximate surface area is 186 Å². The Balaban J connectivity index is 1.76. The first kappa shape index (κ1) is 21.8. The molecule has 0 atom stereocenters. The molecule has 4 rings (SSSR count). The van der Waals surface area contributed by atoms with Crippen LogP contribution in [0.3, 0.4) is 0 Å². The SMILES string of the molecule is Cc1ccc2c(C(=O)NCc3ccc(F)c(F)c3)c(C(C)C)n(Cc3ccccc3)c2c1. The number of nitrogens with zero attached hydrogens (tertiary/aromatic N) is 1. The first-order chi connectivity index (χ1) is 15.3. The third kappa shape index (κ3) is 4.28. The zero-order chi connectivity index (χ0) is 22.8. The fraction of sp³-hybridized carbons (Fsp3) is 0.222. The number of aromatic nitrogens is 1. The molecular formula is C27H26F2N2O. The second kappa shape index (κ2) is 8.95. The third-order valence-corrected chi connectivity index (χ3v) is 5.65. The molecule has 32 heavy (non-hydrogen) atoms. The van der Waals surface area contributed by atoms with Crippen molar-refractivity contribution in [2.24, 2.45) is 0 Å². The molecule has 0 bridgehead atoms. The van der Waals surface area contributed by atoms with Crippen LogP contribution in [-0.4, -0.2) is 10.5 Å². The summed E-state index contributed by atoms with van der Waals surface area (Å²) in [4.78, 5) is 13.4. The molecule has 0 saturated carbocycles. The van der Waals surface area contributed by atoms with Crippen molar-refractivity contribution >= 4 is 16.8 Å². The van der Waals surface area contributed by atoms with Crippen molar-refractivity contribution in [1.82, 2.24) is 9.88 Å². The fourth-order valence-electron chi connectivity index (χ4n) is 4.17. The van der Waals surface area contributed by atoms with Crippen LogP contribution in [0.4, 0.5) is 8.78 Å². The summed E-state index contributed by atoms with van der Waals surface area (Å²) < 4.78 is 29.0. The number of fused-ring (bicyclic) bond motifs is 1. The molecule has 0 aliphatic heterocycles. The number of hydrogen-bond acceptors (Lipinski definition) is 1. The smallest absolute Gasteiger partial charge is 0.254 e. The normalized spacial score (nSPS) is 11.3. The molecule has 1 aromatic heterocycles. The van der Waals surface area contributed by atoms with Gasteiger partial charge in [-0.15, -0.1) is 0 Å². The molecule has 3 aromatic carbocycles. The molecule has 1 N–H and O–H groups in total. The van der Waals surface area contributed by atoms with Gasteiger partial charge in [-0.25, -0.2) is 8.78 Å². The number of aryl methyl sites for hydroxylation is 1. The van der Waals surface area contributed by atoms with Crippen LogP contribution in [0.1, 0.15) is 52.5 Å². The van der Waals surface area contributed by atoms with E-state index in [4.69, 9.17) is 0 Å². The molecular weight excluding hydrogens is 406 g/mol. The van der Waals surface area contributed by atoms with Crippen LogP contribution < -0.4 is 5.32 Å². The summed E-state index contributed by atoms with van der Waals surface area (Å²) in [5.41, 5.74) is 5.38. The summed E-state index contributed by atoms with van der Waals surface area (Å²) >= 11 is 0. The summed E-state index contributed by atoms with van der Waals surface area (Å²) in [5.74, 6) is -1.94. The van der Waals surface area contributed by atoms with Crippen molar-refractivity contribution in [2.75, 3.05) is 0 Å². The molecule has 3 nitrogen and oxygen atoms in total. The first-order valence-electron chi connectivity index (χ1n) is 10.7. The maximum absolute atomic E-state index is 13.6. The van der Waals surface area contributed by atoms with Gasteiger partial charge < -0.3 is 9.88 Å². The van der Waals surface area contributed by atoms with Crippen molar-refractivity contribution in [3.8, 4) is 0 Å². The van der Waals surface area contributed by atoms with Gasteiger partial charge in [0.1, 0.15) is 0 Å². The maximum Gasteiger partial charge on any atom is 0.254 e.